The molecule has 0 bridgehead atoms. The normalized spacial score (nSPS) is 22.4. The lowest BCUT2D eigenvalue weighted by molar-refractivity contribution is 0.251. The second-order valence-corrected chi connectivity index (χ2v) is 4.35. The summed E-state index contributed by atoms with van der Waals surface area (Å²) in [6.45, 7) is 3.19. The van der Waals surface area contributed by atoms with Crippen molar-refractivity contribution in [3.05, 3.63) is 24.3 Å². The number of nitrogens with one attached hydrogen (secondary N) is 1. The number of piperazine rings is 1. The fraction of sp³-hybridized carbons (Fsp3) is 0.500. The average Bonchev–Trinajstić information content (AvgIpc) is 2.30. The van der Waals surface area contributed by atoms with E-state index in [0.29, 0.717) is 6.17 Å². The SMILES string of the molecule is CNC1CN(C)CCN1c1ccc(N)cc1. The first kappa shape index (κ1) is 11.2. The highest BCUT2D eigenvalue weighted by Gasteiger charge is 2.23. The molecule has 16 heavy (non-hydrogen) atoms. The highest BCUT2D eigenvalue weighted by molar-refractivity contribution is 5.54. The van der Waals surface area contributed by atoms with Crippen molar-refractivity contribution in [2.75, 3.05) is 44.4 Å². The van der Waals surface area contributed by atoms with Gasteiger partial charge in [0.05, 0.1) is 6.17 Å². The first-order chi connectivity index (χ1) is 7.70. The van der Waals surface area contributed by atoms with Crippen LogP contribution in [-0.4, -0.2) is 44.8 Å². The molecule has 1 aliphatic rings. The van der Waals surface area contributed by atoms with Crippen molar-refractivity contribution in [1.82, 2.24) is 10.2 Å². The highest BCUT2D eigenvalue weighted by Crippen LogP contribution is 2.20. The van der Waals surface area contributed by atoms with Crippen LogP contribution in [0.4, 0.5) is 11.4 Å². The van der Waals surface area contributed by atoms with E-state index in [-0.39, 0.29) is 0 Å². The summed E-state index contributed by atoms with van der Waals surface area (Å²) in [4.78, 5) is 4.73. The maximum Gasteiger partial charge on any atom is 0.0922 e. The number of nitrogens with two attached hydrogens (primary N) is 1. The summed E-state index contributed by atoms with van der Waals surface area (Å²) in [5.74, 6) is 0. The van der Waals surface area contributed by atoms with E-state index < -0.39 is 0 Å². The van der Waals surface area contributed by atoms with Crippen molar-refractivity contribution in [2.45, 2.75) is 6.17 Å². The molecular weight excluding hydrogens is 200 g/mol. The van der Waals surface area contributed by atoms with Gasteiger partial charge < -0.3 is 15.5 Å². The van der Waals surface area contributed by atoms with Gasteiger partial charge in [-0.05, 0) is 38.4 Å². The molecule has 1 aromatic carbocycles. The molecule has 0 spiro atoms. The Morgan fingerprint density at radius 2 is 1.94 bits per heavy atom. The molecule has 1 aromatic rings. The summed E-state index contributed by atoms with van der Waals surface area (Å²) in [7, 11) is 4.17. The van der Waals surface area contributed by atoms with E-state index in [2.05, 4.69) is 34.3 Å². The minimum Gasteiger partial charge on any atom is -0.399 e. The zero-order valence-electron chi connectivity index (χ0n) is 9.98. The van der Waals surface area contributed by atoms with Gasteiger partial charge in [-0.2, -0.15) is 0 Å². The Morgan fingerprint density at radius 1 is 1.25 bits per heavy atom. The fourth-order valence-electron chi connectivity index (χ4n) is 2.14. The smallest absolute Gasteiger partial charge is 0.0922 e. The lowest BCUT2D eigenvalue weighted by Crippen LogP contribution is -2.57. The van der Waals surface area contributed by atoms with Gasteiger partial charge in [0.1, 0.15) is 0 Å². The standard InChI is InChI=1S/C12H20N4/c1-14-12-9-15(2)7-8-16(12)11-5-3-10(13)4-6-11/h3-6,12,14H,7-9,13H2,1-2H3. The van der Waals surface area contributed by atoms with Crippen molar-refractivity contribution >= 4 is 11.4 Å². The lowest BCUT2D eigenvalue weighted by atomic mass is 10.2. The van der Waals surface area contributed by atoms with E-state index in [1.165, 1.54) is 5.69 Å². The van der Waals surface area contributed by atoms with Crippen LogP contribution in [0.3, 0.4) is 0 Å². The van der Waals surface area contributed by atoms with E-state index in [0.717, 1.165) is 25.3 Å². The molecule has 0 aromatic heterocycles. The Morgan fingerprint density at radius 3 is 2.56 bits per heavy atom. The molecule has 88 valence electrons. The van der Waals surface area contributed by atoms with Crippen LogP contribution < -0.4 is 16.0 Å². The first-order valence-corrected chi connectivity index (χ1v) is 5.68. The van der Waals surface area contributed by atoms with Gasteiger partial charge in [-0.1, -0.05) is 0 Å². The van der Waals surface area contributed by atoms with Crippen LogP contribution in [0.1, 0.15) is 0 Å². The lowest BCUT2D eigenvalue weighted by Gasteiger charge is -2.41. The van der Waals surface area contributed by atoms with Crippen molar-refractivity contribution in [3.8, 4) is 0 Å². The van der Waals surface area contributed by atoms with E-state index >= 15 is 0 Å². The molecular formula is C12H20N4. The molecule has 0 amide bonds. The summed E-state index contributed by atoms with van der Waals surface area (Å²) in [5.41, 5.74) is 7.76. The Kier molecular flexibility index (Phi) is 3.31. The van der Waals surface area contributed by atoms with Crippen molar-refractivity contribution in [2.24, 2.45) is 0 Å². The van der Waals surface area contributed by atoms with Crippen LogP contribution in [0.15, 0.2) is 24.3 Å². The number of benzene rings is 1. The molecule has 4 heteroatoms. The van der Waals surface area contributed by atoms with Gasteiger partial charge >= 0.3 is 0 Å². The van der Waals surface area contributed by atoms with Crippen LogP contribution in [0.2, 0.25) is 0 Å². The third kappa shape index (κ3) is 2.28. The number of rotatable bonds is 2. The Hall–Kier alpha value is -1.26. The number of hydrogen-bond acceptors (Lipinski definition) is 4. The number of likely N-dealkylation sites (N-methyl/N-ethyl adjacent to an activating group) is 2. The molecule has 1 saturated heterocycles. The average molecular weight is 220 g/mol. The predicted octanol–water partition coefficient (Wildman–Crippen LogP) is 0.566. The van der Waals surface area contributed by atoms with Crippen LogP contribution >= 0.6 is 0 Å². The summed E-state index contributed by atoms with van der Waals surface area (Å²) >= 11 is 0. The third-order valence-electron chi connectivity index (χ3n) is 3.14. The Bertz CT molecular complexity index is 335. The minimum absolute atomic E-state index is 0.377. The predicted molar refractivity (Wildman–Crippen MR) is 68.5 cm³/mol. The first-order valence-electron chi connectivity index (χ1n) is 5.68. The van der Waals surface area contributed by atoms with Gasteiger partial charge in [0.25, 0.3) is 0 Å². The van der Waals surface area contributed by atoms with E-state index in [9.17, 15) is 0 Å². The van der Waals surface area contributed by atoms with Crippen molar-refractivity contribution in [3.63, 3.8) is 0 Å². The van der Waals surface area contributed by atoms with Crippen LogP contribution in [0, 0.1) is 0 Å². The number of nitrogen functional groups attached to an aromatic ring is 1. The van der Waals surface area contributed by atoms with E-state index in [1.807, 2.05) is 19.2 Å². The van der Waals surface area contributed by atoms with Crippen molar-refractivity contribution < 1.29 is 0 Å². The fourth-order valence-corrected chi connectivity index (χ4v) is 2.14. The second kappa shape index (κ2) is 4.72. The van der Waals surface area contributed by atoms with E-state index in [1.54, 1.807) is 0 Å². The molecule has 1 heterocycles. The quantitative estimate of drug-likeness (QED) is 0.715. The highest BCUT2D eigenvalue weighted by atomic mass is 15.3. The summed E-state index contributed by atoms with van der Waals surface area (Å²) < 4.78 is 0. The van der Waals surface area contributed by atoms with Crippen LogP contribution in [0.5, 0.6) is 0 Å². The Balaban J connectivity index is 2.15. The largest absolute Gasteiger partial charge is 0.399 e. The Labute approximate surface area is 97.0 Å². The number of nitrogens with zero attached hydrogens (tertiary/aromatic N) is 2. The van der Waals surface area contributed by atoms with Gasteiger partial charge in [0.15, 0.2) is 0 Å². The zero-order valence-corrected chi connectivity index (χ0v) is 9.98. The van der Waals surface area contributed by atoms with Gasteiger partial charge in [0, 0.05) is 31.0 Å². The molecule has 0 radical (unpaired) electrons. The maximum absolute atomic E-state index is 5.70. The monoisotopic (exact) mass is 220 g/mol. The minimum atomic E-state index is 0.377. The zero-order chi connectivity index (χ0) is 11.5. The second-order valence-electron chi connectivity index (χ2n) is 4.35. The third-order valence-corrected chi connectivity index (χ3v) is 3.14. The molecule has 1 unspecified atom stereocenters. The molecule has 0 saturated carbocycles. The summed E-state index contributed by atoms with van der Waals surface area (Å²) in [6, 6.07) is 8.09. The van der Waals surface area contributed by atoms with Gasteiger partial charge in [-0.3, -0.25) is 5.32 Å². The van der Waals surface area contributed by atoms with E-state index in [4.69, 9.17) is 5.73 Å². The maximum atomic E-state index is 5.70. The van der Waals surface area contributed by atoms with Crippen LogP contribution in [-0.2, 0) is 0 Å². The molecule has 1 atom stereocenters. The number of hydrogen-bond donors (Lipinski definition) is 2. The molecule has 1 fully saturated rings. The van der Waals surface area contributed by atoms with Crippen molar-refractivity contribution in [1.29, 1.82) is 0 Å². The molecule has 4 nitrogen and oxygen atoms in total. The molecule has 1 aliphatic heterocycles. The topological polar surface area (TPSA) is 44.5 Å². The summed E-state index contributed by atoms with van der Waals surface area (Å²) in [5, 5.41) is 3.35. The molecule has 2 rings (SSSR count). The van der Waals surface area contributed by atoms with Gasteiger partial charge in [-0.25, -0.2) is 0 Å². The van der Waals surface area contributed by atoms with Gasteiger partial charge in [-0.15, -0.1) is 0 Å². The van der Waals surface area contributed by atoms with Crippen LogP contribution in [0.25, 0.3) is 0 Å². The molecule has 0 aliphatic carbocycles. The summed E-state index contributed by atoms with van der Waals surface area (Å²) in [6.07, 6.45) is 0.377. The number of anilines is 2. The van der Waals surface area contributed by atoms with Gasteiger partial charge in [0.2, 0.25) is 0 Å². The molecule has 3 N–H and O–H groups in total.